The van der Waals surface area contributed by atoms with Crippen molar-refractivity contribution in [3.05, 3.63) is 54.4 Å². The van der Waals surface area contributed by atoms with E-state index in [-0.39, 0.29) is 11.9 Å². The summed E-state index contributed by atoms with van der Waals surface area (Å²) in [6, 6.07) is 11.2. The lowest BCUT2D eigenvalue weighted by Gasteiger charge is -2.44. The summed E-state index contributed by atoms with van der Waals surface area (Å²) < 4.78 is 5.70. The second-order valence-electron chi connectivity index (χ2n) is 6.53. The Labute approximate surface area is 141 Å². The number of benzene rings is 1. The number of nitrogens with zero attached hydrogens (tertiary/aromatic N) is 2. The molecule has 5 heteroatoms. The highest BCUT2D eigenvalue weighted by Gasteiger charge is 2.34. The van der Waals surface area contributed by atoms with Crippen molar-refractivity contribution in [2.75, 3.05) is 19.6 Å². The molecule has 1 atom stereocenters. The molecule has 4 heterocycles. The number of piperidine rings is 3. The highest BCUT2D eigenvalue weighted by atomic mass is 16.5. The first kappa shape index (κ1) is 15.1. The van der Waals surface area contributed by atoms with Gasteiger partial charge in [-0.2, -0.15) is 0 Å². The quantitative estimate of drug-likeness (QED) is 0.940. The number of pyridine rings is 1. The van der Waals surface area contributed by atoms with E-state index in [9.17, 15) is 4.79 Å². The summed E-state index contributed by atoms with van der Waals surface area (Å²) in [5, 5.41) is 3.20. The van der Waals surface area contributed by atoms with Crippen molar-refractivity contribution >= 4 is 5.91 Å². The van der Waals surface area contributed by atoms with Crippen LogP contribution in [0.5, 0.6) is 11.5 Å². The molecule has 0 aliphatic carbocycles. The maximum absolute atomic E-state index is 12.5. The van der Waals surface area contributed by atoms with Gasteiger partial charge in [-0.3, -0.25) is 9.78 Å². The monoisotopic (exact) mass is 323 g/mol. The van der Waals surface area contributed by atoms with Gasteiger partial charge in [0.05, 0.1) is 6.20 Å². The molecule has 0 radical (unpaired) electrons. The van der Waals surface area contributed by atoms with Crippen molar-refractivity contribution in [2.45, 2.75) is 18.9 Å². The maximum Gasteiger partial charge on any atom is 0.251 e. The summed E-state index contributed by atoms with van der Waals surface area (Å²) >= 11 is 0. The van der Waals surface area contributed by atoms with E-state index in [2.05, 4.69) is 15.2 Å². The van der Waals surface area contributed by atoms with E-state index < -0.39 is 0 Å². The largest absolute Gasteiger partial charge is 0.456 e. The highest BCUT2D eigenvalue weighted by Crippen LogP contribution is 2.28. The predicted molar refractivity (Wildman–Crippen MR) is 91.2 cm³/mol. The van der Waals surface area contributed by atoms with E-state index in [0.29, 0.717) is 23.0 Å². The van der Waals surface area contributed by atoms with Crippen molar-refractivity contribution in [3.63, 3.8) is 0 Å². The van der Waals surface area contributed by atoms with E-state index in [4.69, 9.17) is 4.74 Å². The molecule has 1 aromatic carbocycles. The Morgan fingerprint density at radius 1 is 1.12 bits per heavy atom. The van der Waals surface area contributed by atoms with E-state index in [1.165, 1.54) is 25.9 Å². The molecule has 124 valence electrons. The maximum atomic E-state index is 12.5. The van der Waals surface area contributed by atoms with Crippen LogP contribution in [0.4, 0.5) is 0 Å². The number of ether oxygens (including phenoxy) is 1. The van der Waals surface area contributed by atoms with Crippen LogP contribution < -0.4 is 10.1 Å². The molecule has 2 bridgehead atoms. The lowest BCUT2D eigenvalue weighted by molar-refractivity contribution is 0.0620. The Hall–Kier alpha value is -2.40. The van der Waals surface area contributed by atoms with Crippen molar-refractivity contribution in [2.24, 2.45) is 5.92 Å². The van der Waals surface area contributed by atoms with Gasteiger partial charge >= 0.3 is 0 Å². The predicted octanol–water partition coefficient (Wildman–Crippen LogP) is 2.70. The summed E-state index contributed by atoms with van der Waals surface area (Å²) in [7, 11) is 0. The van der Waals surface area contributed by atoms with Gasteiger partial charge in [-0.1, -0.05) is 0 Å². The average Bonchev–Trinajstić information content (AvgIpc) is 2.64. The first-order valence-electron chi connectivity index (χ1n) is 8.49. The third-order valence-electron chi connectivity index (χ3n) is 4.96. The number of carbonyl (C=O) groups excluding carboxylic acids is 1. The van der Waals surface area contributed by atoms with Gasteiger partial charge in [0.25, 0.3) is 5.91 Å². The lowest BCUT2D eigenvalue weighted by Crippen LogP contribution is -2.57. The lowest BCUT2D eigenvalue weighted by atomic mass is 9.84. The fraction of sp³-hybridized carbons (Fsp3) is 0.368. The van der Waals surface area contributed by atoms with Crippen LogP contribution in [-0.2, 0) is 0 Å². The third kappa shape index (κ3) is 3.26. The Kier molecular flexibility index (Phi) is 4.17. The zero-order chi connectivity index (χ0) is 16.4. The molecule has 0 unspecified atom stereocenters. The normalized spacial score (nSPS) is 25.2. The fourth-order valence-corrected chi connectivity index (χ4v) is 3.60. The van der Waals surface area contributed by atoms with Gasteiger partial charge in [0.2, 0.25) is 0 Å². The third-order valence-corrected chi connectivity index (χ3v) is 4.96. The molecule has 2 aromatic rings. The Morgan fingerprint density at radius 3 is 2.54 bits per heavy atom. The molecule has 5 nitrogen and oxygen atoms in total. The van der Waals surface area contributed by atoms with E-state index in [1.54, 1.807) is 12.4 Å². The number of fused-ring (bicyclic) bond motifs is 3. The van der Waals surface area contributed by atoms with E-state index in [1.807, 2.05) is 36.4 Å². The molecule has 1 amide bonds. The Balaban J connectivity index is 1.38. The van der Waals surface area contributed by atoms with Crippen LogP contribution in [0.3, 0.4) is 0 Å². The summed E-state index contributed by atoms with van der Waals surface area (Å²) in [6.45, 7) is 3.34. The molecular formula is C19H21N3O2. The summed E-state index contributed by atoms with van der Waals surface area (Å²) in [5.74, 6) is 2.01. The first-order chi connectivity index (χ1) is 11.8. The van der Waals surface area contributed by atoms with Gasteiger partial charge in [-0.25, -0.2) is 0 Å². The topological polar surface area (TPSA) is 54.5 Å². The molecule has 3 saturated heterocycles. The molecule has 3 fully saturated rings. The molecular weight excluding hydrogens is 302 g/mol. The van der Waals surface area contributed by atoms with Crippen LogP contribution in [0.25, 0.3) is 0 Å². The molecule has 0 saturated carbocycles. The van der Waals surface area contributed by atoms with E-state index >= 15 is 0 Å². The number of rotatable bonds is 4. The molecule has 5 rings (SSSR count). The molecule has 3 aliphatic heterocycles. The van der Waals surface area contributed by atoms with Gasteiger partial charge in [0, 0.05) is 24.3 Å². The first-order valence-corrected chi connectivity index (χ1v) is 8.49. The number of hydrogen-bond donors (Lipinski definition) is 1. The molecule has 1 aromatic heterocycles. The van der Waals surface area contributed by atoms with Crippen LogP contribution in [-0.4, -0.2) is 41.5 Å². The second-order valence-corrected chi connectivity index (χ2v) is 6.53. The minimum Gasteiger partial charge on any atom is -0.456 e. The van der Waals surface area contributed by atoms with Crippen molar-refractivity contribution in [1.82, 2.24) is 15.2 Å². The SMILES string of the molecule is O=C(N[C@H]1CN2CCC1CC2)c1ccc(Oc2cccnc2)cc1. The van der Waals surface area contributed by atoms with Crippen molar-refractivity contribution < 1.29 is 9.53 Å². The fourth-order valence-electron chi connectivity index (χ4n) is 3.60. The van der Waals surface area contributed by atoms with Crippen LogP contribution in [0, 0.1) is 5.92 Å². The highest BCUT2D eigenvalue weighted by molar-refractivity contribution is 5.94. The second kappa shape index (κ2) is 6.61. The molecule has 0 spiro atoms. The zero-order valence-corrected chi connectivity index (χ0v) is 13.5. The van der Waals surface area contributed by atoms with E-state index in [0.717, 1.165) is 6.54 Å². The van der Waals surface area contributed by atoms with Gasteiger partial charge in [0.15, 0.2) is 0 Å². The van der Waals surface area contributed by atoms with Gasteiger partial charge in [-0.05, 0) is 68.2 Å². The number of hydrogen-bond acceptors (Lipinski definition) is 4. The van der Waals surface area contributed by atoms with Gasteiger partial charge < -0.3 is 15.0 Å². The van der Waals surface area contributed by atoms with Crippen LogP contribution in [0.1, 0.15) is 23.2 Å². The number of nitrogens with one attached hydrogen (secondary N) is 1. The van der Waals surface area contributed by atoms with Crippen LogP contribution in [0.15, 0.2) is 48.8 Å². The van der Waals surface area contributed by atoms with Crippen molar-refractivity contribution in [1.29, 1.82) is 0 Å². The Bertz CT molecular complexity index is 694. The summed E-state index contributed by atoms with van der Waals surface area (Å²) in [4.78, 5) is 18.9. The van der Waals surface area contributed by atoms with Crippen LogP contribution >= 0.6 is 0 Å². The van der Waals surface area contributed by atoms with Crippen molar-refractivity contribution in [3.8, 4) is 11.5 Å². The minimum absolute atomic E-state index is 0.00155. The summed E-state index contributed by atoms with van der Waals surface area (Å²) in [5.41, 5.74) is 0.671. The number of amides is 1. The standard InChI is InChI=1S/C19H21N3O2/c23-19(21-18-13-22-10-7-14(18)8-11-22)15-3-5-16(6-4-15)24-17-2-1-9-20-12-17/h1-6,9,12,14,18H,7-8,10-11,13H2,(H,21,23)/t18-/m0/s1. The minimum atomic E-state index is 0.00155. The number of aromatic nitrogens is 1. The van der Waals surface area contributed by atoms with Crippen LogP contribution in [0.2, 0.25) is 0 Å². The Morgan fingerprint density at radius 2 is 1.92 bits per heavy atom. The average molecular weight is 323 g/mol. The molecule has 3 aliphatic rings. The number of carbonyl (C=O) groups is 1. The zero-order valence-electron chi connectivity index (χ0n) is 13.5. The smallest absolute Gasteiger partial charge is 0.251 e. The molecule has 1 N–H and O–H groups in total. The van der Waals surface area contributed by atoms with Gasteiger partial charge in [0.1, 0.15) is 11.5 Å². The summed E-state index contributed by atoms with van der Waals surface area (Å²) in [6.07, 6.45) is 5.76. The molecule has 24 heavy (non-hydrogen) atoms. The van der Waals surface area contributed by atoms with Gasteiger partial charge in [-0.15, -0.1) is 0 Å².